The topological polar surface area (TPSA) is 50.4 Å². The van der Waals surface area contributed by atoms with Crippen LogP contribution in [0, 0.1) is 11.8 Å². The summed E-state index contributed by atoms with van der Waals surface area (Å²) in [6.45, 7) is 10.3. The van der Waals surface area contributed by atoms with E-state index in [0.717, 1.165) is 25.9 Å². The molecule has 2 N–H and O–H groups in total. The normalized spacial score (nSPS) is 39.6. The Bertz CT molecular complexity index is 313. The van der Waals surface area contributed by atoms with Crippen LogP contribution < -0.4 is 10.6 Å². The van der Waals surface area contributed by atoms with Crippen LogP contribution in [0.1, 0.15) is 40.5 Å². The average Bonchev–Trinajstić information content (AvgIpc) is 2.53. The number of hydrogen-bond donors (Lipinski definition) is 2. The lowest BCUT2D eigenvalue weighted by Crippen LogP contribution is -2.54. The van der Waals surface area contributed by atoms with Crippen molar-refractivity contribution in [1.82, 2.24) is 10.6 Å². The number of nitrogens with one attached hydrogen (secondary N) is 2. The number of hydrogen-bond acceptors (Lipinski definition) is 3. The lowest BCUT2D eigenvalue weighted by molar-refractivity contribution is -0.129. The monoisotopic (exact) mass is 254 g/mol. The van der Waals surface area contributed by atoms with Gasteiger partial charge in [-0.3, -0.25) is 4.79 Å². The van der Waals surface area contributed by atoms with Crippen molar-refractivity contribution < 1.29 is 9.53 Å². The number of ether oxygens (including phenoxy) is 1. The second-order valence-electron chi connectivity index (χ2n) is 6.23. The average molecular weight is 254 g/mol. The van der Waals surface area contributed by atoms with Crippen LogP contribution >= 0.6 is 0 Å². The Morgan fingerprint density at radius 3 is 2.33 bits per heavy atom. The van der Waals surface area contributed by atoms with Crippen LogP contribution in [0.5, 0.6) is 0 Å². The van der Waals surface area contributed by atoms with Crippen LogP contribution in [0.15, 0.2) is 0 Å². The first-order valence-electron chi connectivity index (χ1n) is 7.11. The molecule has 18 heavy (non-hydrogen) atoms. The van der Waals surface area contributed by atoms with Crippen LogP contribution in [0.3, 0.4) is 0 Å². The summed E-state index contributed by atoms with van der Waals surface area (Å²) in [7, 11) is 0. The van der Waals surface area contributed by atoms with Crippen LogP contribution in [0.2, 0.25) is 0 Å². The molecule has 2 aliphatic rings. The molecule has 0 saturated carbocycles. The summed E-state index contributed by atoms with van der Waals surface area (Å²) in [4.78, 5) is 12.5. The smallest absolute Gasteiger partial charge is 0.226 e. The third-order valence-corrected chi connectivity index (χ3v) is 4.68. The Morgan fingerprint density at radius 2 is 1.83 bits per heavy atom. The maximum Gasteiger partial charge on any atom is 0.226 e. The van der Waals surface area contributed by atoms with Gasteiger partial charge in [-0.25, -0.2) is 0 Å². The fraction of sp³-hybridized carbons (Fsp3) is 0.929. The maximum atomic E-state index is 12.5. The number of piperidine rings is 1. The summed E-state index contributed by atoms with van der Waals surface area (Å²) in [6.07, 6.45) is 2.21. The third-order valence-electron chi connectivity index (χ3n) is 4.68. The molecule has 0 bridgehead atoms. The van der Waals surface area contributed by atoms with Crippen molar-refractivity contribution in [2.24, 2.45) is 11.8 Å². The predicted molar refractivity (Wildman–Crippen MR) is 71.3 cm³/mol. The molecule has 2 fully saturated rings. The highest BCUT2D eigenvalue weighted by atomic mass is 16.5. The molecule has 104 valence electrons. The van der Waals surface area contributed by atoms with Gasteiger partial charge in [0.25, 0.3) is 0 Å². The highest BCUT2D eigenvalue weighted by molar-refractivity contribution is 5.80. The highest BCUT2D eigenvalue weighted by Gasteiger charge is 2.43. The van der Waals surface area contributed by atoms with Crippen molar-refractivity contribution in [2.45, 2.75) is 58.3 Å². The Kier molecular flexibility index (Phi) is 3.97. The van der Waals surface area contributed by atoms with E-state index in [0.29, 0.717) is 5.92 Å². The highest BCUT2D eigenvalue weighted by Crippen LogP contribution is 2.33. The van der Waals surface area contributed by atoms with Gasteiger partial charge in [-0.2, -0.15) is 0 Å². The number of rotatable bonds is 2. The maximum absolute atomic E-state index is 12.5. The molecule has 0 spiro atoms. The molecule has 2 aliphatic heterocycles. The first-order chi connectivity index (χ1) is 8.43. The van der Waals surface area contributed by atoms with Crippen molar-refractivity contribution in [3.63, 3.8) is 0 Å². The molecule has 2 rings (SSSR count). The van der Waals surface area contributed by atoms with Crippen molar-refractivity contribution in [1.29, 1.82) is 0 Å². The quantitative estimate of drug-likeness (QED) is 0.781. The molecule has 0 aromatic carbocycles. The molecule has 4 nitrogen and oxygen atoms in total. The van der Waals surface area contributed by atoms with Gasteiger partial charge in [-0.15, -0.1) is 0 Å². The van der Waals surface area contributed by atoms with Gasteiger partial charge in [0.15, 0.2) is 0 Å². The summed E-state index contributed by atoms with van der Waals surface area (Å²) in [5, 5.41) is 6.59. The summed E-state index contributed by atoms with van der Waals surface area (Å²) < 4.78 is 5.76. The lowest BCUT2D eigenvalue weighted by Gasteiger charge is -2.36. The van der Waals surface area contributed by atoms with Gasteiger partial charge in [0.05, 0.1) is 18.1 Å². The zero-order chi connectivity index (χ0) is 13.3. The summed E-state index contributed by atoms with van der Waals surface area (Å²) in [6, 6.07) is 0. The van der Waals surface area contributed by atoms with Crippen molar-refractivity contribution >= 4 is 5.91 Å². The summed E-state index contributed by atoms with van der Waals surface area (Å²) in [5.74, 6) is 0.459. The molecule has 4 heteroatoms. The number of carbonyl (C=O) groups is 1. The van der Waals surface area contributed by atoms with Gasteiger partial charge < -0.3 is 15.4 Å². The predicted octanol–water partition coefficient (Wildman–Crippen LogP) is 1.30. The van der Waals surface area contributed by atoms with Crippen molar-refractivity contribution in [2.75, 3.05) is 13.1 Å². The lowest BCUT2D eigenvalue weighted by atomic mass is 9.85. The first-order valence-corrected chi connectivity index (χ1v) is 7.11. The van der Waals surface area contributed by atoms with Crippen LogP contribution in [0.25, 0.3) is 0 Å². The summed E-state index contributed by atoms with van der Waals surface area (Å²) in [5.41, 5.74) is -0.0480. The SMILES string of the molecule is CC1OC(C)C(C(=O)NC2(C)CCNCC2)C1C. The second kappa shape index (κ2) is 5.17. The van der Waals surface area contributed by atoms with E-state index in [-0.39, 0.29) is 29.6 Å². The molecular weight excluding hydrogens is 228 g/mol. The molecule has 0 aromatic heterocycles. The minimum atomic E-state index is -0.0480. The molecule has 0 aliphatic carbocycles. The largest absolute Gasteiger partial charge is 0.374 e. The minimum Gasteiger partial charge on any atom is -0.374 e. The van der Waals surface area contributed by atoms with E-state index in [4.69, 9.17) is 4.74 Å². The van der Waals surface area contributed by atoms with E-state index in [2.05, 4.69) is 31.4 Å². The molecule has 1 amide bonds. The minimum absolute atomic E-state index is 0.00768. The fourth-order valence-electron chi connectivity index (χ4n) is 3.20. The van der Waals surface area contributed by atoms with E-state index in [1.54, 1.807) is 0 Å². The van der Waals surface area contributed by atoms with Crippen molar-refractivity contribution in [3.05, 3.63) is 0 Å². The van der Waals surface area contributed by atoms with Gasteiger partial charge in [0.1, 0.15) is 0 Å². The molecular formula is C14H26N2O2. The molecule has 2 heterocycles. The Hall–Kier alpha value is -0.610. The van der Waals surface area contributed by atoms with Crippen LogP contribution in [0.4, 0.5) is 0 Å². The van der Waals surface area contributed by atoms with Gasteiger partial charge in [-0.1, -0.05) is 6.92 Å². The van der Waals surface area contributed by atoms with E-state index >= 15 is 0 Å². The molecule has 4 unspecified atom stereocenters. The zero-order valence-electron chi connectivity index (χ0n) is 12.0. The van der Waals surface area contributed by atoms with E-state index < -0.39 is 0 Å². The van der Waals surface area contributed by atoms with Gasteiger partial charge in [-0.05, 0) is 52.6 Å². The number of carbonyl (C=O) groups excluding carboxylic acids is 1. The van der Waals surface area contributed by atoms with E-state index in [1.165, 1.54) is 0 Å². The molecule has 2 saturated heterocycles. The van der Waals surface area contributed by atoms with Gasteiger partial charge in [0, 0.05) is 5.54 Å². The van der Waals surface area contributed by atoms with E-state index in [1.807, 2.05) is 6.92 Å². The Balaban J connectivity index is 1.99. The van der Waals surface area contributed by atoms with Gasteiger partial charge >= 0.3 is 0 Å². The Morgan fingerprint density at radius 1 is 1.22 bits per heavy atom. The second-order valence-corrected chi connectivity index (χ2v) is 6.23. The standard InChI is InChI=1S/C14H26N2O2/c1-9-10(2)18-11(3)12(9)13(17)16-14(4)5-7-15-8-6-14/h9-12,15H,5-8H2,1-4H3,(H,16,17). The van der Waals surface area contributed by atoms with Crippen LogP contribution in [-0.4, -0.2) is 36.7 Å². The zero-order valence-corrected chi connectivity index (χ0v) is 12.0. The molecule has 4 atom stereocenters. The Labute approximate surface area is 110 Å². The number of amides is 1. The fourth-order valence-corrected chi connectivity index (χ4v) is 3.20. The van der Waals surface area contributed by atoms with Crippen LogP contribution in [-0.2, 0) is 9.53 Å². The van der Waals surface area contributed by atoms with Crippen molar-refractivity contribution in [3.8, 4) is 0 Å². The first kappa shape index (κ1) is 13.8. The van der Waals surface area contributed by atoms with Gasteiger partial charge in [0.2, 0.25) is 5.91 Å². The van der Waals surface area contributed by atoms with E-state index in [9.17, 15) is 4.79 Å². The molecule has 0 radical (unpaired) electrons. The summed E-state index contributed by atoms with van der Waals surface area (Å²) >= 11 is 0. The molecule has 0 aromatic rings. The third kappa shape index (κ3) is 2.69.